The number of likely N-dealkylation sites (N-methyl/N-ethyl adjacent to an activating group) is 1. The van der Waals surface area contributed by atoms with Gasteiger partial charge < -0.3 is 19.7 Å². The summed E-state index contributed by atoms with van der Waals surface area (Å²) in [4.78, 5) is 17.2. The molecular weight excluding hydrogens is 374 g/mol. The molecule has 0 radical (unpaired) electrons. The molecule has 160 valence electrons. The van der Waals surface area contributed by atoms with Gasteiger partial charge in [0.2, 0.25) is 5.91 Å². The Bertz CT molecular complexity index is 887. The highest BCUT2D eigenvalue weighted by molar-refractivity contribution is 5.96. The average Bonchev–Trinajstić information content (AvgIpc) is 3.14. The third-order valence-electron chi connectivity index (χ3n) is 5.81. The summed E-state index contributed by atoms with van der Waals surface area (Å²) >= 11 is 0. The van der Waals surface area contributed by atoms with Crippen LogP contribution in [0, 0.1) is 11.3 Å². The number of hydrogen-bond acceptors (Lipinski definition) is 4. The summed E-state index contributed by atoms with van der Waals surface area (Å²) in [5.41, 5.74) is 2.09. The zero-order valence-electron chi connectivity index (χ0n) is 18.0. The Morgan fingerprint density at radius 2 is 1.90 bits per heavy atom. The van der Waals surface area contributed by atoms with Crippen LogP contribution in [0.5, 0.6) is 0 Å². The lowest BCUT2D eigenvalue weighted by Gasteiger charge is -2.33. The van der Waals surface area contributed by atoms with Gasteiger partial charge >= 0.3 is 0 Å². The number of nitriles is 1. The number of para-hydroxylation sites is 1. The van der Waals surface area contributed by atoms with Gasteiger partial charge in [-0.15, -0.1) is 0 Å². The second kappa shape index (κ2) is 11.5. The highest BCUT2D eigenvalue weighted by atomic mass is 16.1. The van der Waals surface area contributed by atoms with Crippen molar-refractivity contribution in [2.24, 2.45) is 0 Å². The molecule has 1 aromatic carbocycles. The zero-order valence-corrected chi connectivity index (χ0v) is 18.0. The Morgan fingerprint density at radius 3 is 2.67 bits per heavy atom. The molecule has 2 heterocycles. The lowest BCUT2D eigenvalue weighted by Crippen LogP contribution is -2.46. The number of rotatable bonds is 10. The van der Waals surface area contributed by atoms with Crippen LogP contribution in [0.3, 0.4) is 0 Å². The van der Waals surface area contributed by atoms with Crippen LogP contribution < -0.4 is 5.32 Å². The van der Waals surface area contributed by atoms with Gasteiger partial charge in [-0.3, -0.25) is 4.79 Å². The second-order valence-electron chi connectivity index (χ2n) is 7.81. The Kier molecular flexibility index (Phi) is 8.49. The number of nitrogens with one attached hydrogen (secondary N) is 1. The van der Waals surface area contributed by atoms with E-state index < -0.39 is 0 Å². The van der Waals surface area contributed by atoms with Gasteiger partial charge in [-0.05, 0) is 38.1 Å². The number of fused-ring (bicyclic) bond motifs is 1. The van der Waals surface area contributed by atoms with Crippen molar-refractivity contribution in [3.05, 3.63) is 42.1 Å². The number of carbonyl (C=O) groups is 1. The number of nitrogens with zero attached hydrogens (tertiary/aromatic N) is 4. The molecule has 0 spiro atoms. The summed E-state index contributed by atoms with van der Waals surface area (Å²) in [6, 6.07) is 10.3. The van der Waals surface area contributed by atoms with Gasteiger partial charge in [0, 0.05) is 68.0 Å². The lowest BCUT2D eigenvalue weighted by atomic mass is 10.1. The summed E-state index contributed by atoms with van der Waals surface area (Å²) in [5, 5.41) is 13.0. The third-order valence-corrected chi connectivity index (χ3v) is 5.81. The quantitative estimate of drug-likeness (QED) is 0.486. The van der Waals surface area contributed by atoms with E-state index in [-0.39, 0.29) is 5.91 Å². The third kappa shape index (κ3) is 6.19. The number of aromatic nitrogens is 1. The molecule has 1 N–H and O–H groups in total. The Hall–Kier alpha value is -2.62. The van der Waals surface area contributed by atoms with Gasteiger partial charge in [-0.25, -0.2) is 0 Å². The van der Waals surface area contributed by atoms with Crippen LogP contribution in [-0.2, 0) is 11.3 Å². The van der Waals surface area contributed by atoms with Gasteiger partial charge in [0.15, 0.2) is 0 Å². The number of amides is 1. The fourth-order valence-electron chi connectivity index (χ4n) is 3.99. The van der Waals surface area contributed by atoms with Crippen molar-refractivity contribution in [3.8, 4) is 6.07 Å². The maximum absolute atomic E-state index is 12.2. The SMILES string of the molecule is CCN1CCN(CCCCNC(=O)C=Cc2cn(CCC#N)c3ccccc23)CC1. The van der Waals surface area contributed by atoms with Gasteiger partial charge in [0.25, 0.3) is 0 Å². The first kappa shape index (κ1) is 22.1. The van der Waals surface area contributed by atoms with Crippen LogP contribution in [0.25, 0.3) is 17.0 Å². The number of hydrogen-bond donors (Lipinski definition) is 1. The van der Waals surface area contributed by atoms with Crippen LogP contribution in [-0.4, -0.2) is 66.1 Å². The summed E-state index contributed by atoms with van der Waals surface area (Å²) < 4.78 is 2.08. The van der Waals surface area contributed by atoms with Gasteiger partial charge in [-0.2, -0.15) is 5.26 Å². The maximum atomic E-state index is 12.2. The largest absolute Gasteiger partial charge is 0.353 e. The first-order valence-electron chi connectivity index (χ1n) is 11.1. The van der Waals surface area contributed by atoms with Crippen LogP contribution in [0.15, 0.2) is 36.5 Å². The molecule has 1 fully saturated rings. The van der Waals surface area contributed by atoms with Crippen molar-refractivity contribution in [3.63, 3.8) is 0 Å². The average molecular weight is 408 g/mol. The van der Waals surface area contributed by atoms with E-state index in [1.54, 1.807) is 6.08 Å². The van der Waals surface area contributed by atoms with E-state index in [1.807, 2.05) is 30.5 Å². The summed E-state index contributed by atoms with van der Waals surface area (Å²) in [7, 11) is 0. The Morgan fingerprint density at radius 1 is 1.13 bits per heavy atom. The monoisotopic (exact) mass is 407 g/mol. The molecule has 1 aliphatic heterocycles. The van der Waals surface area contributed by atoms with Crippen LogP contribution in [0.1, 0.15) is 31.7 Å². The molecule has 0 unspecified atom stereocenters. The number of aryl methyl sites for hydroxylation is 1. The van der Waals surface area contributed by atoms with E-state index in [2.05, 4.69) is 38.7 Å². The smallest absolute Gasteiger partial charge is 0.244 e. The fraction of sp³-hybridized carbons (Fsp3) is 0.500. The molecule has 0 bridgehead atoms. The number of carbonyl (C=O) groups excluding carboxylic acids is 1. The summed E-state index contributed by atoms with van der Waals surface area (Å²) in [6.45, 7) is 10.5. The van der Waals surface area contributed by atoms with Crippen LogP contribution in [0.2, 0.25) is 0 Å². The van der Waals surface area contributed by atoms with E-state index in [9.17, 15) is 4.79 Å². The minimum absolute atomic E-state index is 0.0552. The molecular formula is C24H33N5O. The highest BCUT2D eigenvalue weighted by Crippen LogP contribution is 2.22. The highest BCUT2D eigenvalue weighted by Gasteiger charge is 2.14. The molecule has 0 aliphatic carbocycles. The van der Waals surface area contributed by atoms with E-state index in [4.69, 9.17) is 5.26 Å². The molecule has 1 amide bonds. The van der Waals surface area contributed by atoms with Gasteiger partial charge in [0.1, 0.15) is 0 Å². The molecule has 2 aromatic rings. The molecule has 1 aliphatic rings. The fourth-order valence-corrected chi connectivity index (χ4v) is 3.99. The number of benzene rings is 1. The molecule has 0 saturated carbocycles. The topological polar surface area (TPSA) is 64.3 Å². The van der Waals surface area contributed by atoms with Crippen molar-refractivity contribution in [1.29, 1.82) is 5.26 Å². The standard InChI is InChI=1S/C24H33N5O/c1-2-27-16-18-28(19-17-27)14-6-5-13-26-24(30)11-10-21-20-29(15-7-12-25)23-9-4-3-8-22(21)23/h3-4,8-11,20H,2,5-7,13-19H2,1H3,(H,26,30). The molecule has 6 nitrogen and oxygen atoms in total. The molecule has 1 saturated heterocycles. The lowest BCUT2D eigenvalue weighted by molar-refractivity contribution is -0.116. The minimum atomic E-state index is -0.0552. The van der Waals surface area contributed by atoms with Gasteiger partial charge in [-0.1, -0.05) is 25.1 Å². The predicted octanol–water partition coefficient (Wildman–Crippen LogP) is 3.10. The van der Waals surface area contributed by atoms with Crippen molar-refractivity contribution >= 4 is 22.9 Å². The normalized spacial score (nSPS) is 15.6. The van der Waals surface area contributed by atoms with Crippen molar-refractivity contribution in [2.45, 2.75) is 32.7 Å². The van der Waals surface area contributed by atoms with E-state index in [1.165, 1.54) is 13.1 Å². The Labute approximate surface area is 179 Å². The Balaban J connectivity index is 1.41. The predicted molar refractivity (Wildman–Crippen MR) is 122 cm³/mol. The van der Waals surface area contributed by atoms with Crippen molar-refractivity contribution < 1.29 is 4.79 Å². The first-order chi connectivity index (χ1) is 14.7. The maximum Gasteiger partial charge on any atom is 0.244 e. The molecule has 0 atom stereocenters. The van der Waals surface area contributed by atoms with Crippen LogP contribution in [0.4, 0.5) is 0 Å². The molecule has 6 heteroatoms. The summed E-state index contributed by atoms with van der Waals surface area (Å²) in [5.74, 6) is -0.0552. The van der Waals surface area contributed by atoms with E-state index in [0.29, 0.717) is 19.5 Å². The molecule has 30 heavy (non-hydrogen) atoms. The second-order valence-corrected chi connectivity index (χ2v) is 7.81. The van der Waals surface area contributed by atoms with E-state index in [0.717, 1.165) is 55.5 Å². The first-order valence-corrected chi connectivity index (χ1v) is 11.1. The molecule has 1 aromatic heterocycles. The summed E-state index contributed by atoms with van der Waals surface area (Å²) in [6.07, 6.45) is 8.08. The van der Waals surface area contributed by atoms with Gasteiger partial charge in [0.05, 0.1) is 12.5 Å². The number of unbranched alkanes of at least 4 members (excludes halogenated alkanes) is 1. The van der Waals surface area contributed by atoms with Crippen molar-refractivity contribution in [2.75, 3.05) is 45.8 Å². The van der Waals surface area contributed by atoms with Crippen molar-refractivity contribution in [1.82, 2.24) is 19.7 Å². The minimum Gasteiger partial charge on any atom is -0.353 e. The van der Waals surface area contributed by atoms with E-state index >= 15 is 0 Å². The zero-order chi connectivity index (χ0) is 21.2. The number of piperazine rings is 1. The molecule has 3 rings (SSSR count). The van der Waals surface area contributed by atoms with Crippen LogP contribution >= 0.6 is 0 Å².